The summed E-state index contributed by atoms with van der Waals surface area (Å²) in [5, 5.41) is 10.4. The number of carbonyl (C=O) groups excluding carboxylic acids is 2. The fraction of sp³-hybridized carbons (Fsp3) is 0.400. The van der Waals surface area contributed by atoms with Crippen LogP contribution < -0.4 is 14.9 Å². The van der Waals surface area contributed by atoms with Gasteiger partial charge in [0.1, 0.15) is 35.5 Å². The summed E-state index contributed by atoms with van der Waals surface area (Å²) < 4.78 is 20.8. The smallest absolute Gasteiger partial charge is 0.408 e. The van der Waals surface area contributed by atoms with E-state index < -0.39 is 12.1 Å². The van der Waals surface area contributed by atoms with Gasteiger partial charge in [0.2, 0.25) is 6.79 Å². The number of aromatic nitrogens is 3. The molecule has 0 spiro atoms. The highest BCUT2D eigenvalue weighted by Crippen LogP contribution is 2.38. The lowest BCUT2D eigenvalue weighted by molar-refractivity contribution is -0.143. The van der Waals surface area contributed by atoms with E-state index >= 15 is 0 Å². The van der Waals surface area contributed by atoms with Crippen molar-refractivity contribution < 1.29 is 33.4 Å². The van der Waals surface area contributed by atoms with Crippen LogP contribution in [0.1, 0.15) is 44.2 Å². The maximum atomic E-state index is 11.5. The minimum absolute atomic E-state index is 0.0650. The molecule has 3 aromatic rings. The lowest BCUT2D eigenvalue weighted by Gasteiger charge is -2.15. The minimum Gasteiger partial charge on any atom is -0.497 e. The molecule has 1 saturated carbocycles. The van der Waals surface area contributed by atoms with Gasteiger partial charge in [0.15, 0.2) is 0 Å². The quantitative estimate of drug-likeness (QED) is 0.281. The van der Waals surface area contributed by atoms with Crippen molar-refractivity contribution >= 4 is 23.1 Å². The highest BCUT2D eigenvalue weighted by atomic mass is 16.8. The average molecular weight is 565 g/mol. The van der Waals surface area contributed by atoms with E-state index in [1.807, 2.05) is 50.3 Å². The maximum absolute atomic E-state index is 11.5. The van der Waals surface area contributed by atoms with E-state index in [1.54, 1.807) is 19.2 Å². The molecule has 218 valence electrons. The van der Waals surface area contributed by atoms with Crippen molar-refractivity contribution in [1.29, 1.82) is 0 Å². The molecule has 0 radical (unpaired) electrons. The first-order chi connectivity index (χ1) is 19.7. The fourth-order valence-corrected chi connectivity index (χ4v) is 3.72. The van der Waals surface area contributed by atoms with Gasteiger partial charge in [-0.2, -0.15) is 0 Å². The lowest BCUT2D eigenvalue weighted by atomic mass is 10.1. The second kappa shape index (κ2) is 13.8. The number of rotatable bonds is 10. The van der Waals surface area contributed by atoms with E-state index in [-0.39, 0.29) is 31.6 Å². The summed E-state index contributed by atoms with van der Waals surface area (Å²) in [4.78, 5) is 29.8. The van der Waals surface area contributed by atoms with Crippen molar-refractivity contribution in [3.63, 3.8) is 0 Å². The number of fused-ring (bicyclic) bond motifs is 1. The first-order valence-electron chi connectivity index (χ1n) is 13.4. The Morgan fingerprint density at radius 1 is 1.12 bits per heavy atom. The van der Waals surface area contributed by atoms with E-state index in [0.29, 0.717) is 0 Å². The molecule has 41 heavy (non-hydrogen) atoms. The monoisotopic (exact) mass is 564 g/mol. The number of nitrogens with zero attached hydrogens (tertiary/aromatic N) is 3. The number of nitrogens with one attached hydrogen (secondary N) is 1. The summed E-state index contributed by atoms with van der Waals surface area (Å²) >= 11 is 0. The molecule has 1 unspecified atom stereocenters. The Hall–Kier alpha value is -4.38. The van der Waals surface area contributed by atoms with Gasteiger partial charge >= 0.3 is 12.1 Å². The zero-order chi connectivity index (χ0) is 29.2. The molecule has 0 saturated heterocycles. The van der Waals surface area contributed by atoms with E-state index in [0.717, 1.165) is 47.2 Å². The predicted octanol–water partition coefficient (Wildman–Crippen LogP) is 4.43. The van der Waals surface area contributed by atoms with Crippen molar-refractivity contribution in [1.82, 2.24) is 20.5 Å². The van der Waals surface area contributed by atoms with Gasteiger partial charge in [-0.3, -0.25) is 4.79 Å². The van der Waals surface area contributed by atoms with Crippen molar-refractivity contribution in [3.8, 4) is 5.75 Å². The summed E-state index contributed by atoms with van der Waals surface area (Å²) in [5.41, 5.74) is 4.56. The Labute approximate surface area is 239 Å². The number of carbonyl (C=O) groups is 2. The number of aryl methyl sites for hydroxylation is 1. The number of methoxy groups -OCH3 is 1. The topological polar surface area (TPSA) is 123 Å². The van der Waals surface area contributed by atoms with Gasteiger partial charge < -0.3 is 29.1 Å². The van der Waals surface area contributed by atoms with Crippen LogP contribution in [-0.2, 0) is 25.6 Å². The third-order valence-electron chi connectivity index (χ3n) is 6.50. The molecule has 0 bridgehead atoms. The summed E-state index contributed by atoms with van der Waals surface area (Å²) in [6.45, 7) is 6.05. The van der Waals surface area contributed by atoms with Gasteiger partial charge in [-0.15, -0.1) is 5.10 Å². The Balaban J connectivity index is 0.000000189. The molecule has 2 aliphatic rings. The van der Waals surface area contributed by atoms with Gasteiger partial charge in [0, 0.05) is 0 Å². The molecule has 1 amide bonds. The van der Waals surface area contributed by atoms with Crippen LogP contribution in [-0.4, -0.2) is 59.4 Å². The van der Waals surface area contributed by atoms with Crippen LogP contribution in [0.4, 0.5) is 4.79 Å². The van der Waals surface area contributed by atoms with Crippen LogP contribution in [0.15, 0.2) is 66.3 Å². The highest BCUT2D eigenvalue weighted by molar-refractivity contribution is 5.78. The minimum atomic E-state index is -0.587. The number of amides is 1. The van der Waals surface area contributed by atoms with Crippen molar-refractivity contribution in [3.05, 3.63) is 77.4 Å². The number of hydrogen-bond donors (Lipinski definition) is 1. The van der Waals surface area contributed by atoms with Crippen LogP contribution in [0, 0.1) is 6.92 Å². The third kappa shape index (κ3) is 9.35. The molecule has 11 nitrogen and oxygen atoms in total. The predicted molar refractivity (Wildman–Crippen MR) is 151 cm³/mol. The zero-order valence-corrected chi connectivity index (χ0v) is 23.8. The number of allylic oxidation sites excluding steroid dienone is 2. The molecule has 11 heteroatoms. The molecule has 5 rings (SSSR count). The van der Waals surface area contributed by atoms with Crippen molar-refractivity contribution in [2.24, 2.45) is 0 Å². The SMILES string of the molecule is CC1=CCC(OCOn2nnc3ccc(C)cc32)C=C1.COc1ccc(COC(=O)CNC(=O)OC2(C)CC2)cc1. The fourth-order valence-electron chi connectivity index (χ4n) is 3.72. The van der Waals surface area contributed by atoms with Crippen LogP contribution >= 0.6 is 0 Å². The summed E-state index contributed by atoms with van der Waals surface area (Å²) in [6, 6.07) is 13.1. The zero-order valence-electron chi connectivity index (χ0n) is 23.8. The number of hydrogen-bond acceptors (Lipinski definition) is 9. The van der Waals surface area contributed by atoms with Gasteiger partial charge in [-0.05, 0) is 80.6 Å². The van der Waals surface area contributed by atoms with Crippen molar-refractivity contribution in [2.45, 2.75) is 58.3 Å². The largest absolute Gasteiger partial charge is 0.497 e. The normalized spacial score (nSPS) is 16.6. The van der Waals surface area contributed by atoms with E-state index in [1.165, 1.54) is 10.4 Å². The number of ether oxygens (including phenoxy) is 4. The van der Waals surface area contributed by atoms with E-state index in [9.17, 15) is 9.59 Å². The molecular weight excluding hydrogens is 528 g/mol. The Bertz CT molecular complexity index is 1390. The summed E-state index contributed by atoms with van der Waals surface area (Å²) in [6.07, 6.45) is 8.34. The van der Waals surface area contributed by atoms with Crippen LogP contribution in [0.25, 0.3) is 11.0 Å². The Morgan fingerprint density at radius 2 is 1.90 bits per heavy atom. The Kier molecular flexibility index (Phi) is 9.96. The maximum Gasteiger partial charge on any atom is 0.408 e. The van der Waals surface area contributed by atoms with Gasteiger partial charge in [0.25, 0.3) is 0 Å². The first-order valence-corrected chi connectivity index (χ1v) is 13.4. The molecule has 1 atom stereocenters. The second-order valence-electron chi connectivity index (χ2n) is 10.2. The lowest BCUT2D eigenvalue weighted by Crippen LogP contribution is -2.33. The van der Waals surface area contributed by atoms with Crippen LogP contribution in [0.2, 0.25) is 0 Å². The number of alkyl carbamates (subject to hydrolysis) is 1. The number of esters is 1. The Morgan fingerprint density at radius 3 is 2.59 bits per heavy atom. The summed E-state index contributed by atoms with van der Waals surface area (Å²) in [5.74, 6) is 0.228. The van der Waals surface area contributed by atoms with E-state index in [4.69, 9.17) is 23.8 Å². The van der Waals surface area contributed by atoms with Crippen LogP contribution in [0.5, 0.6) is 5.75 Å². The molecule has 1 fully saturated rings. The molecular formula is C30H36N4O7. The number of benzene rings is 2. The molecule has 1 heterocycles. The van der Waals surface area contributed by atoms with E-state index in [2.05, 4.69) is 34.7 Å². The second-order valence-corrected chi connectivity index (χ2v) is 10.2. The van der Waals surface area contributed by atoms with Gasteiger partial charge in [-0.25, -0.2) is 4.79 Å². The average Bonchev–Trinajstić information content (AvgIpc) is 3.57. The van der Waals surface area contributed by atoms with Gasteiger partial charge in [0.05, 0.1) is 13.2 Å². The molecule has 1 N–H and O–H groups in total. The standard InChI is InChI=1S/C15H17N3O2.C15H19NO5/c1-11-3-6-13(7-4-11)19-10-20-18-15-9-12(2)5-8-14(15)16-17-18;1-15(7-8-15)21-14(18)16-9-13(17)20-10-11-3-5-12(19-2)6-4-11/h3-6,8-9,13H,7,10H2,1-2H3;3-6H,7-10H2,1-2H3,(H,16,18). The van der Waals surface area contributed by atoms with Crippen LogP contribution in [0.3, 0.4) is 0 Å². The molecule has 0 aliphatic heterocycles. The molecule has 2 aromatic carbocycles. The summed E-state index contributed by atoms with van der Waals surface area (Å²) in [7, 11) is 1.59. The third-order valence-corrected chi connectivity index (χ3v) is 6.50. The van der Waals surface area contributed by atoms with Crippen molar-refractivity contribution in [2.75, 3.05) is 20.4 Å². The highest BCUT2D eigenvalue weighted by Gasteiger charge is 2.41. The first kappa shape index (κ1) is 29.6. The van der Waals surface area contributed by atoms with Gasteiger partial charge in [-0.1, -0.05) is 46.8 Å². The molecule has 1 aromatic heterocycles. The molecule has 2 aliphatic carbocycles.